The van der Waals surface area contributed by atoms with Crippen molar-refractivity contribution in [3.63, 3.8) is 0 Å². The average Bonchev–Trinajstić information content (AvgIpc) is 3.33. The van der Waals surface area contributed by atoms with E-state index in [2.05, 4.69) is 22.3 Å². The Hall–Kier alpha value is -2.95. The van der Waals surface area contributed by atoms with Gasteiger partial charge in [-0.25, -0.2) is 0 Å². The monoisotopic (exact) mass is 364 g/mol. The van der Waals surface area contributed by atoms with Gasteiger partial charge in [0, 0.05) is 41.5 Å². The van der Waals surface area contributed by atoms with Crippen LogP contribution in [-0.2, 0) is 11.2 Å². The normalized spacial score (nSPS) is 13.9. The number of nitrogens with zero attached hydrogens (tertiary/aromatic N) is 1. The lowest BCUT2D eigenvalue weighted by Crippen LogP contribution is -2.18. The number of hydrogen-bond donors (Lipinski definition) is 1. The predicted octanol–water partition coefficient (Wildman–Crippen LogP) is 4.53. The van der Waals surface area contributed by atoms with Crippen molar-refractivity contribution in [2.75, 3.05) is 30.4 Å². The highest BCUT2D eigenvalue weighted by atomic mass is 16.5. The lowest BCUT2D eigenvalue weighted by atomic mass is 10.1. The third kappa shape index (κ3) is 3.63. The first-order chi connectivity index (χ1) is 13.1. The molecule has 1 N–H and O–H groups in total. The van der Waals surface area contributed by atoms with Crippen LogP contribution in [0.25, 0.3) is 11.0 Å². The van der Waals surface area contributed by atoms with E-state index in [1.165, 1.54) is 18.5 Å². The van der Waals surface area contributed by atoms with E-state index in [1.54, 1.807) is 13.4 Å². The molecule has 0 aliphatic carbocycles. The standard InChI is InChI=1S/C22H24N2O3/c1-15-11-17(24-9-3-4-10-24)5-8-20(15)23-22(25)12-16-14-27-21-13-18(26-2)6-7-19(16)21/h5-8,11,13-14H,3-4,9-10,12H2,1-2H3,(H,23,25). The fourth-order valence-corrected chi connectivity index (χ4v) is 3.65. The number of hydrogen-bond acceptors (Lipinski definition) is 4. The van der Waals surface area contributed by atoms with Crippen LogP contribution < -0.4 is 15.0 Å². The van der Waals surface area contributed by atoms with Crippen LogP contribution in [0.1, 0.15) is 24.0 Å². The van der Waals surface area contributed by atoms with Gasteiger partial charge in [0.25, 0.3) is 0 Å². The highest BCUT2D eigenvalue weighted by Gasteiger charge is 2.15. The molecule has 4 rings (SSSR count). The maximum Gasteiger partial charge on any atom is 0.228 e. The zero-order chi connectivity index (χ0) is 18.8. The smallest absolute Gasteiger partial charge is 0.228 e. The zero-order valence-electron chi connectivity index (χ0n) is 15.7. The Balaban J connectivity index is 1.46. The molecule has 1 fully saturated rings. The van der Waals surface area contributed by atoms with E-state index < -0.39 is 0 Å². The molecule has 1 aliphatic rings. The van der Waals surface area contributed by atoms with Crippen molar-refractivity contribution in [1.82, 2.24) is 0 Å². The summed E-state index contributed by atoms with van der Waals surface area (Å²) in [6.07, 6.45) is 4.42. The van der Waals surface area contributed by atoms with E-state index in [1.807, 2.05) is 31.2 Å². The number of carbonyl (C=O) groups excluding carboxylic acids is 1. The van der Waals surface area contributed by atoms with Crippen LogP contribution in [-0.4, -0.2) is 26.1 Å². The molecular formula is C22H24N2O3. The van der Waals surface area contributed by atoms with Crippen LogP contribution in [0.3, 0.4) is 0 Å². The van der Waals surface area contributed by atoms with Crippen molar-refractivity contribution < 1.29 is 13.9 Å². The van der Waals surface area contributed by atoms with Crippen LogP contribution in [0.5, 0.6) is 5.75 Å². The van der Waals surface area contributed by atoms with Crippen LogP contribution in [0.15, 0.2) is 47.1 Å². The summed E-state index contributed by atoms with van der Waals surface area (Å²) in [6.45, 7) is 4.27. The summed E-state index contributed by atoms with van der Waals surface area (Å²) in [5, 5.41) is 3.97. The Bertz CT molecular complexity index is 971. The fourth-order valence-electron chi connectivity index (χ4n) is 3.65. The van der Waals surface area contributed by atoms with Gasteiger partial charge in [0.1, 0.15) is 11.3 Å². The summed E-state index contributed by atoms with van der Waals surface area (Å²) in [5.41, 5.74) is 4.77. The summed E-state index contributed by atoms with van der Waals surface area (Å²) >= 11 is 0. The number of ether oxygens (including phenoxy) is 1. The van der Waals surface area contributed by atoms with E-state index in [4.69, 9.17) is 9.15 Å². The van der Waals surface area contributed by atoms with Crippen molar-refractivity contribution in [2.24, 2.45) is 0 Å². The molecule has 0 radical (unpaired) electrons. The second-order valence-electron chi connectivity index (χ2n) is 7.04. The van der Waals surface area contributed by atoms with Gasteiger partial charge < -0.3 is 19.4 Å². The largest absolute Gasteiger partial charge is 0.497 e. The SMILES string of the molecule is COc1ccc2c(CC(=O)Nc3ccc(N4CCCC4)cc3C)coc2c1. The second kappa shape index (κ2) is 7.35. The second-order valence-corrected chi connectivity index (χ2v) is 7.04. The highest BCUT2D eigenvalue weighted by molar-refractivity contribution is 5.96. The quantitative estimate of drug-likeness (QED) is 0.723. The van der Waals surface area contributed by atoms with Crippen molar-refractivity contribution >= 4 is 28.3 Å². The number of carbonyl (C=O) groups is 1. The molecule has 0 spiro atoms. The molecule has 140 valence electrons. The van der Waals surface area contributed by atoms with E-state index >= 15 is 0 Å². The predicted molar refractivity (Wildman–Crippen MR) is 108 cm³/mol. The lowest BCUT2D eigenvalue weighted by Gasteiger charge is -2.19. The third-order valence-electron chi connectivity index (χ3n) is 5.17. The van der Waals surface area contributed by atoms with E-state index in [0.717, 1.165) is 46.6 Å². The number of amides is 1. The zero-order valence-corrected chi connectivity index (χ0v) is 15.7. The van der Waals surface area contributed by atoms with Crippen molar-refractivity contribution in [1.29, 1.82) is 0 Å². The van der Waals surface area contributed by atoms with Gasteiger partial charge in [-0.2, -0.15) is 0 Å². The topological polar surface area (TPSA) is 54.7 Å². The minimum Gasteiger partial charge on any atom is -0.497 e. The first-order valence-corrected chi connectivity index (χ1v) is 9.33. The van der Waals surface area contributed by atoms with E-state index in [-0.39, 0.29) is 12.3 Å². The fraction of sp³-hybridized carbons (Fsp3) is 0.318. The highest BCUT2D eigenvalue weighted by Crippen LogP contribution is 2.28. The average molecular weight is 364 g/mol. The Kier molecular flexibility index (Phi) is 4.75. The molecule has 2 heterocycles. The summed E-state index contributed by atoms with van der Waals surface area (Å²) in [7, 11) is 1.62. The summed E-state index contributed by atoms with van der Waals surface area (Å²) < 4.78 is 10.8. The molecule has 1 aliphatic heterocycles. The molecule has 0 unspecified atom stereocenters. The number of nitrogens with one attached hydrogen (secondary N) is 1. The number of rotatable bonds is 5. The van der Waals surface area contributed by atoms with Gasteiger partial charge >= 0.3 is 0 Å². The molecule has 1 saturated heterocycles. The molecule has 5 heteroatoms. The Labute approximate surface area is 158 Å². The lowest BCUT2D eigenvalue weighted by molar-refractivity contribution is -0.115. The molecule has 0 saturated carbocycles. The van der Waals surface area contributed by atoms with E-state index in [9.17, 15) is 4.79 Å². The maximum absolute atomic E-state index is 12.6. The third-order valence-corrected chi connectivity index (χ3v) is 5.17. The van der Waals surface area contributed by atoms with Gasteiger partial charge in [-0.3, -0.25) is 4.79 Å². The molecule has 0 bridgehead atoms. The summed E-state index contributed by atoms with van der Waals surface area (Å²) in [6, 6.07) is 11.9. The van der Waals surface area contributed by atoms with E-state index in [0.29, 0.717) is 0 Å². The minimum atomic E-state index is -0.0504. The van der Waals surface area contributed by atoms with Gasteiger partial charge in [0.15, 0.2) is 0 Å². The van der Waals surface area contributed by atoms with Crippen LogP contribution in [0, 0.1) is 6.92 Å². The Morgan fingerprint density at radius 3 is 2.74 bits per heavy atom. The summed E-state index contributed by atoms with van der Waals surface area (Å²) in [5.74, 6) is 0.687. The molecule has 5 nitrogen and oxygen atoms in total. The van der Waals surface area contributed by atoms with Gasteiger partial charge in [-0.1, -0.05) is 0 Å². The molecular weight excluding hydrogens is 340 g/mol. The van der Waals surface area contributed by atoms with Gasteiger partial charge in [0.2, 0.25) is 5.91 Å². The Morgan fingerprint density at radius 2 is 2.00 bits per heavy atom. The number of benzene rings is 2. The molecule has 0 atom stereocenters. The molecule has 1 amide bonds. The number of aryl methyl sites for hydroxylation is 1. The van der Waals surface area contributed by atoms with Crippen molar-refractivity contribution in [3.05, 3.63) is 53.8 Å². The number of anilines is 2. The molecule has 1 aromatic heterocycles. The maximum atomic E-state index is 12.6. The van der Waals surface area contributed by atoms with Crippen LogP contribution in [0.2, 0.25) is 0 Å². The number of fused-ring (bicyclic) bond motifs is 1. The van der Waals surface area contributed by atoms with Crippen LogP contribution in [0.4, 0.5) is 11.4 Å². The van der Waals surface area contributed by atoms with Gasteiger partial charge in [-0.05, 0) is 55.7 Å². The summed E-state index contributed by atoms with van der Waals surface area (Å²) in [4.78, 5) is 14.9. The molecule has 2 aromatic carbocycles. The minimum absolute atomic E-state index is 0.0504. The van der Waals surface area contributed by atoms with Gasteiger partial charge in [0.05, 0.1) is 19.8 Å². The van der Waals surface area contributed by atoms with Gasteiger partial charge in [-0.15, -0.1) is 0 Å². The van der Waals surface area contributed by atoms with Crippen molar-refractivity contribution in [2.45, 2.75) is 26.2 Å². The number of methoxy groups -OCH3 is 1. The van der Waals surface area contributed by atoms with Crippen molar-refractivity contribution in [3.8, 4) is 5.75 Å². The Morgan fingerprint density at radius 1 is 1.19 bits per heavy atom. The molecule has 3 aromatic rings. The first kappa shape index (κ1) is 17.5. The first-order valence-electron chi connectivity index (χ1n) is 9.33. The number of furan rings is 1. The molecule has 27 heavy (non-hydrogen) atoms. The van der Waals surface area contributed by atoms with Crippen LogP contribution >= 0.6 is 0 Å².